The number of hydrogen-bond acceptors (Lipinski definition) is 4. The molecule has 0 aromatic heterocycles. The minimum Gasteiger partial charge on any atom is -0.491 e. The number of hydrogen-bond donors (Lipinski definition) is 1. The third-order valence-electron chi connectivity index (χ3n) is 2.79. The van der Waals surface area contributed by atoms with Crippen LogP contribution < -0.4 is 9.88 Å². The van der Waals surface area contributed by atoms with Crippen molar-refractivity contribution in [1.29, 1.82) is 0 Å². The van der Waals surface area contributed by atoms with Crippen LogP contribution in [0.1, 0.15) is 25.0 Å². The molecule has 6 heteroatoms. The van der Waals surface area contributed by atoms with Gasteiger partial charge in [-0.2, -0.15) is 0 Å². The van der Waals surface area contributed by atoms with Gasteiger partial charge in [0.2, 0.25) is 10.0 Å². The van der Waals surface area contributed by atoms with E-state index in [0.717, 1.165) is 5.56 Å². The molecular weight excluding hydrogens is 266 g/mol. The number of primary sulfonamides is 1. The Morgan fingerprint density at radius 3 is 2.32 bits per heavy atom. The average Bonchev–Trinajstić information content (AvgIpc) is 2.27. The number of nitrogens with two attached hydrogens (primary N) is 1. The molecule has 0 saturated heterocycles. The lowest BCUT2D eigenvalue weighted by Crippen LogP contribution is -2.15. The maximum atomic E-state index is 11.4. The zero-order valence-electron chi connectivity index (χ0n) is 11.8. The second kappa shape index (κ2) is 6.36. The highest BCUT2D eigenvalue weighted by molar-refractivity contribution is 7.89. The lowest BCUT2D eigenvalue weighted by Gasteiger charge is -2.14. The summed E-state index contributed by atoms with van der Waals surface area (Å²) in [4.78, 5) is 0.135. The molecule has 0 fully saturated rings. The van der Waals surface area contributed by atoms with Crippen LogP contribution in [-0.2, 0) is 14.8 Å². The summed E-state index contributed by atoms with van der Waals surface area (Å²) >= 11 is 0. The van der Waals surface area contributed by atoms with E-state index in [0.29, 0.717) is 24.5 Å². The molecule has 5 nitrogen and oxygen atoms in total. The van der Waals surface area contributed by atoms with Crippen LogP contribution in [0.25, 0.3) is 0 Å². The van der Waals surface area contributed by atoms with Gasteiger partial charge in [0.05, 0.1) is 17.6 Å². The Morgan fingerprint density at radius 2 is 1.79 bits per heavy atom. The van der Waals surface area contributed by atoms with E-state index in [-0.39, 0.29) is 11.0 Å². The molecule has 0 aliphatic heterocycles. The molecule has 0 aliphatic rings. The van der Waals surface area contributed by atoms with E-state index >= 15 is 0 Å². The topological polar surface area (TPSA) is 78.6 Å². The molecule has 1 aromatic carbocycles. The van der Waals surface area contributed by atoms with Gasteiger partial charge in [0.1, 0.15) is 12.4 Å². The quantitative estimate of drug-likeness (QED) is 0.809. The van der Waals surface area contributed by atoms with Gasteiger partial charge in [-0.15, -0.1) is 0 Å². The number of ether oxygens (including phenoxy) is 2. The molecule has 108 valence electrons. The summed E-state index contributed by atoms with van der Waals surface area (Å²) in [5, 5.41) is 5.14. The molecule has 0 unspecified atom stereocenters. The summed E-state index contributed by atoms with van der Waals surface area (Å²) in [6, 6.07) is 3.09. The van der Waals surface area contributed by atoms with Crippen molar-refractivity contribution in [2.45, 2.75) is 38.7 Å². The Morgan fingerprint density at radius 1 is 1.16 bits per heavy atom. The zero-order chi connectivity index (χ0) is 14.6. The van der Waals surface area contributed by atoms with Crippen molar-refractivity contribution >= 4 is 10.0 Å². The van der Waals surface area contributed by atoms with E-state index in [1.54, 1.807) is 13.0 Å². The van der Waals surface area contributed by atoms with Crippen LogP contribution in [0.4, 0.5) is 0 Å². The Kier molecular flexibility index (Phi) is 5.34. The van der Waals surface area contributed by atoms with Crippen LogP contribution in [0, 0.1) is 13.8 Å². The minimum absolute atomic E-state index is 0.135. The average molecular weight is 287 g/mol. The van der Waals surface area contributed by atoms with E-state index in [1.807, 2.05) is 20.8 Å². The first kappa shape index (κ1) is 15.9. The first-order valence-electron chi connectivity index (χ1n) is 6.11. The highest BCUT2D eigenvalue weighted by Crippen LogP contribution is 2.26. The van der Waals surface area contributed by atoms with Crippen molar-refractivity contribution in [2.24, 2.45) is 5.14 Å². The van der Waals surface area contributed by atoms with Gasteiger partial charge in [0.15, 0.2) is 0 Å². The monoisotopic (exact) mass is 287 g/mol. The van der Waals surface area contributed by atoms with Crippen molar-refractivity contribution in [1.82, 2.24) is 0 Å². The van der Waals surface area contributed by atoms with Crippen LogP contribution in [0.5, 0.6) is 5.75 Å². The Hall–Kier alpha value is -1.11. The smallest absolute Gasteiger partial charge is 0.238 e. The highest BCUT2D eigenvalue weighted by atomic mass is 32.2. The van der Waals surface area contributed by atoms with Crippen molar-refractivity contribution in [2.75, 3.05) is 13.2 Å². The molecule has 0 bridgehead atoms. The summed E-state index contributed by atoms with van der Waals surface area (Å²) < 4.78 is 33.7. The maximum Gasteiger partial charge on any atom is 0.238 e. The van der Waals surface area contributed by atoms with Crippen LogP contribution >= 0.6 is 0 Å². The molecule has 0 spiro atoms. The minimum atomic E-state index is -3.69. The van der Waals surface area contributed by atoms with E-state index < -0.39 is 10.0 Å². The zero-order valence-corrected chi connectivity index (χ0v) is 12.6. The van der Waals surface area contributed by atoms with Gasteiger partial charge in [-0.25, -0.2) is 13.6 Å². The summed E-state index contributed by atoms with van der Waals surface area (Å²) in [6.45, 7) is 8.35. The molecular formula is C13H21NO4S. The molecule has 1 rings (SSSR count). The van der Waals surface area contributed by atoms with Gasteiger partial charge in [-0.3, -0.25) is 0 Å². The number of rotatable bonds is 6. The lowest BCUT2D eigenvalue weighted by atomic mass is 10.1. The fourth-order valence-corrected chi connectivity index (χ4v) is 2.51. The predicted molar refractivity (Wildman–Crippen MR) is 73.9 cm³/mol. The summed E-state index contributed by atoms with van der Waals surface area (Å²) in [6.07, 6.45) is 0.163. The lowest BCUT2D eigenvalue weighted by molar-refractivity contribution is 0.0551. The predicted octanol–water partition coefficient (Wildman–Crippen LogP) is 1.75. The molecule has 0 aliphatic carbocycles. The van der Waals surface area contributed by atoms with Gasteiger partial charge in [-0.05, 0) is 51.0 Å². The molecule has 0 atom stereocenters. The molecule has 0 radical (unpaired) electrons. The van der Waals surface area contributed by atoms with Gasteiger partial charge < -0.3 is 9.47 Å². The van der Waals surface area contributed by atoms with Crippen molar-refractivity contribution in [3.05, 3.63) is 23.3 Å². The fourth-order valence-electron chi connectivity index (χ4n) is 1.67. The van der Waals surface area contributed by atoms with Crippen LogP contribution in [0.2, 0.25) is 0 Å². The number of sulfonamides is 1. The Bertz CT molecular complexity index is 538. The van der Waals surface area contributed by atoms with Crippen LogP contribution in [0.3, 0.4) is 0 Å². The summed E-state index contributed by atoms with van der Waals surface area (Å²) in [5.74, 6) is 0.650. The van der Waals surface area contributed by atoms with E-state index in [1.165, 1.54) is 6.07 Å². The Balaban J connectivity index is 2.80. The van der Waals surface area contributed by atoms with Gasteiger partial charge in [-0.1, -0.05) is 0 Å². The largest absolute Gasteiger partial charge is 0.491 e. The van der Waals surface area contributed by atoms with Crippen LogP contribution in [0.15, 0.2) is 17.0 Å². The third kappa shape index (κ3) is 4.49. The normalized spacial score (nSPS) is 11.9. The molecule has 0 amide bonds. The molecule has 0 heterocycles. The molecule has 1 aromatic rings. The van der Waals surface area contributed by atoms with Crippen LogP contribution in [-0.4, -0.2) is 27.7 Å². The van der Waals surface area contributed by atoms with Gasteiger partial charge in [0, 0.05) is 0 Å². The summed E-state index contributed by atoms with van der Waals surface area (Å²) in [5.41, 5.74) is 1.39. The Labute approximate surface area is 114 Å². The standard InChI is InChI=1S/C13H21NO4S/c1-9(2)17-7-8-18-12-5-6-13(19(14,15)16)11(4)10(12)3/h5-6,9H,7-8H2,1-4H3,(H2,14,15,16). The van der Waals surface area contributed by atoms with Gasteiger partial charge >= 0.3 is 0 Å². The first-order chi connectivity index (χ1) is 8.73. The van der Waals surface area contributed by atoms with Crippen molar-refractivity contribution < 1.29 is 17.9 Å². The third-order valence-corrected chi connectivity index (χ3v) is 3.84. The van der Waals surface area contributed by atoms with E-state index in [9.17, 15) is 8.42 Å². The van der Waals surface area contributed by atoms with Crippen molar-refractivity contribution in [3.8, 4) is 5.75 Å². The first-order valence-corrected chi connectivity index (χ1v) is 7.65. The molecule has 0 saturated carbocycles. The SMILES string of the molecule is Cc1c(OCCOC(C)C)ccc(S(N)(=O)=O)c1C. The second-order valence-corrected chi connectivity index (χ2v) is 6.15. The molecule has 19 heavy (non-hydrogen) atoms. The second-order valence-electron chi connectivity index (χ2n) is 4.62. The van der Waals surface area contributed by atoms with Gasteiger partial charge in [0.25, 0.3) is 0 Å². The fraction of sp³-hybridized carbons (Fsp3) is 0.538. The summed E-state index contributed by atoms with van der Waals surface area (Å²) in [7, 11) is -3.69. The molecule has 2 N–H and O–H groups in total. The number of benzene rings is 1. The highest BCUT2D eigenvalue weighted by Gasteiger charge is 2.15. The van der Waals surface area contributed by atoms with E-state index in [4.69, 9.17) is 14.6 Å². The maximum absolute atomic E-state index is 11.4. The van der Waals surface area contributed by atoms with Crippen molar-refractivity contribution in [3.63, 3.8) is 0 Å². The van der Waals surface area contributed by atoms with E-state index in [2.05, 4.69) is 0 Å².